The molecule has 24 heavy (non-hydrogen) atoms. The molecule has 2 aromatic heterocycles. The van der Waals surface area contributed by atoms with Crippen LogP contribution in [0.15, 0.2) is 17.8 Å². The lowest BCUT2D eigenvalue weighted by Gasteiger charge is -2.34. The van der Waals surface area contributed by atoms with E-state index in [-0.39, 0.29) is 11.3 Å². The third-order valence-electron chi connectivity index (χ3n) is 4.19. The molecule has 1 aliphatic heterocycles. The molecule has 0 aliphatic carbocycles. The second-order valence-corrected chi connectivity index (χ2v) is 8.22. The zero-order valence-electron chi connectivity index (χ0n) is 14.8. The van der Waals surface area contributed by atoms with E-state index in [2.05, 4.69) is 36.1 Å². The van der Waals surface area contributed by atoms with Gasteiger partial charge in [0.2, 0.25) is 0 Å². The van der Waals surface area contributed by atoms with Crippen molar-refractivity contribution in [1.82, 2.24) is 24.6 Å². The predicted molar refractivity (Wildman–Crippen MR) is 95.2 cm³/mol. The van der Waals surface area contributed by atoms with Gasteiger partial charge >= 0.3 is 0 Å². The van der Waals surface area contributed by atoms with Crippen LogP contribution in [0.4, 0.5) is 0 Å². The number of hydrogen-bond donors (Lipinski definition) is 0. The first-order chi connectivity index (χ1) is 11.3. The molecule has 0 radical (unpaired) electrons. The Morgan fingerprint density at radius 1 is 1.25 bits per heavy atom. The van der Waals surface area contributed by atoms with Crippen LogP contribution in [-0.2, 0) is 19.0 Å². The maximum Gasteiger partial charge on any atom is 0.257 e. The molecule has 6 nitrogen and oxygen atoms in total. The van der Waals surface area contributed by atoms with Gasteiger partial charge in [0.05, 0.1) is 22.5 Å². The maximum absolute atomic E-state index is 12.4. The fraction of sp³-hybridized carbons (Fsp3) is 0.588. The summed E-state index contributed by atoms with van der Waals surface area (Å²) in [6.45, 7) is 10.7. The highest BCUT2D eigenvalue weighted by Gasteiger charge is 2.24. The molecule has 0 N–H and O–H groups in total. The van der Waals surface area contributed by atoms with Gasteiger partial charge in [-0.15, -0.1) is 11.3 Å². The largest absolute Gasteiger partial charge is 0.336 e. The summed E-state index contributed by atoms with van der Waals surface area (Å²) in [5.41, 5.74) is 1.91. The van der Waals surface area contributed by atoms with Crippen molar-refractivity contribution in [3.8, 4) is 0 Å². The molecular formula is C17H25N5OS. The molecule has 1 aliphatic rings. The Balaban J connectivity index is 1.54. The molecule has 0 aromatic carbocycles. The lowest BCUT2D eigenvalue weighted by atomic mass is 9.98. The highest BCUT2D eigenvalue weighted by molar-refractivity contribution is 7.09. The molecule has 3 heterocycles. The SMILES string of the molecule is Cn1cc(C(=O)N2CCN(Cc3csc(C(C)(C)C)n3)CC2)cn1. The highest BCUT2D eigenvalue weighted by Crippen LogP contribution is 2.26. The lowest BCUT2D eigenvalue weighted by Crippen LogP contribution is -2.48. The van der Waals surface area contributed by atoms with Crippen LogP contribution in [0.2, 0.25) is 0 Å². The number of hydrogen-bond acceptors (Lipinski definition) is 5. The number of aryl methyl sites for hydroxylation is 1. The van der Waals surface area contributed by atoms with Crippen molar-refractivity contribution in [3.63, 3.8) is 0 Å². The van der Waals surface area contributed by atoms with Gasteiger partial charge in [-0.25, -0.2) is 4.98 Å². The van der Waals surface area contributed by atoms with Crippen LogP contribution in [0.3, 0.4) is 0 Å². The summed E-state index contributed by atoms with van der Waals surface area (Å²) in [7, 11) is 1.83. The summed E-state index contributed by atoms with van der Waals surface area (Å²) in [5.74, 6) is 0.0754. The van der Waals surface area contributed by atoms with Crippen LogP contribution in [0.25, 0.3) is 0 Å². The molecule has 3 rings (SSSR count). The molecule has 130 valence electrons. The first-order valence-electron chi connectivity index (χ1n) is 8.28. The second kappa shape index (κ2) is 6.64. The Morgan fingerprint density at radius 2 is 1.96 bits per heavy atom. The van der Waals surface area contributed by atoms with Crippen LogP contribution < -0.4 is 0 Å². The summed E-state index contributed by atoms with van der Waals surface area (Å²) in [6, 6.07) is 0. The summed E-state index contributed by atoms with van der Waals surface area (Å²) < 4.78 is 1.67. The molecule has 0 spiro atoms. The quantitative estimate of drug-likeness (QED) is 0.853. The Bertz CT molecular complexity index is 707. The maximum atomic E-state index is 12.4. The molecule has 1 saturated heterocycles. The van der Waals surface area contributed by atoms with Crippen molar-refractivity contribution in [2.75, 3.05) is 26.2 Å². The molecule has 0 unspecified atom stereocenters. The molecule has 2 aromatic rings. The summed E-state index contributed by atoms with van der Waals surface area (Å²) in [4.78, 5) is 21.5. The zero-order chi connectivity index (χ0) is 17.3. The van der Waals surface area contributed by atoms with Gasteiger partial charge in [0, 0.05) is 56.8 Å². The van der Waals surface area contributed by atoms with E-state index in [9.17, 15) is 4.79 Å². The van der Waals surface area contributed by atoms with Gasteiger partial charge in [0.25, 0.3) is 5.91 Å². The van der Waals surface area contributed by atoms with Crippen molar-refractivity contribution in [2.24, 2.45) is 7.05 Å². The third kappa shape index (κ3) is 3.84. The molecule has 1 amide bonds. The summed E-state index contributed by atoms with van der Waals surface area (Å²) >= 11 is 1.74. The summed E-state index contributed by atoms with van der Waals surface area (Å²) in [6.07, 6.45) is 3.41. The standard InChI is InChI=1S/C17H25N5OS/c1-17(2,3)16-19-14(12-24-16)11-21-5-7-22(8-6-21)15(23)13-9-18-20(4)10-13/h9-10,12H,5-8,11H2,1-4H3. The number of amides is 1. The molecular weight excluding hydrogens is 322 g/mol. The van der Waals surface area contributed by atoms with Crippen LogP contribution in [0.5, 0.6) is 0 Å². The van der Waals surface area contributed by atoms with Crippen molar-refractivity contribution >= 4 is 17.2 Å². The monoisotopic (exact) mass is 347 g/mol. The lowest BCUT2D eigenvalue weighted by molar-refractivity contribution is 0.0627. The van der Waals surface area contributed by atoms with E-state index >= 15 is 0 Å². The van der Waals surface area contributed by atoms with Gasteiger partial charge in [-0.3, -0.25) is 14.4 Å². The predicted octanol–water partition coefficient (Wildman–Crippen LogP) is 2.13. The van der Waals surface area contributed by atoms with E-state index in [1.54, 1.807) is 28.4 Å². The molecule has 0 saturated carbocycles. The van der Waals surface area contributed by atoms with E-state index in [1.807, 2.05) is 11.9 Å². The van der Waals surface area contributed by atoms with Crippen LogP contribution in [0.1, 0.15) is 41.8 Å². The number of piperazine rings is 1. The van der Waals surface area contributed by atoms with E-state index in [0.29, 0.717) is 5.56 Å². The average Bonchev–Trinajstić information content (AvgIpc) is 3.16. The third-order valence-corrected chi connectivity index (χ3v) is 5.51. The van der Waals surface area contributed by atoms with E-state index in [4.69, 9.17) is 4.98 Å². The van der Waals surface area contributed by atoms with Gasteiger partial charge in [0.1, 0.15) is 0 Å². The minimum absolute atomic E-state index is 0.0754. The van der Waals surface area contributed by atoms with Gasteiger partial charge in [-0.1, -0.05) is 20.8 Å². The smallest absolute Gasteiger partial charge is 0.257 e. The number of carbonyl (C=O) groups is 1. The number of aromatic nitrogens is 3. The van der Waals surface area contributed by atoms with Gasteiger partial charge in [-0.2, -0.15) is 5.10 Å². The Morgan fingerprint density at radius 3 is 2.50 bits per heavy atom. The van der Waals surface area contributed by atoms with E-state index in [1.165, 1.54) is 5.01 Å². The van der Waals surface area contributed by atoms with Crippen molar-refractivity contribution in [2.45, 2.75) is 32.7 Å². The van der Waals surface area contributed by atoms with Gasteiger partial charge in [-0.05, 0) is 0 Å². The zero-order valence-corrected chi connectivity index (χ0v) is 15.6. The number of thiazole rings is 1. The van der Waals surface area contributed by atoms with Crippen molar-refractivity contribution in [3.05, 3.63) is 34.0 Å². The van der Waals surface area contributed by atoms with Crippen LogP contribution >= 0.6 is 11.3 Å². The summed E-state index contributed by atoms with van der Waals surface area (Å²) in [5, 5.41) is 7.42. The highest BCUT2D eigenvalue weighted by atomic mass is 32.1. The van der Waals surface area contributed by atoms with Gasteiger partial charge in [0.15, 0.2) is 0 Å². The Labute approximate surface area is 147 Å². The number of rotatable bonds is 3. The van der Waals surface area contributed by atoms with Crippen molar-refractivity contribution in [1.29, 1.82) is 0 Å². The topological polar surface area (TPSA) is 54.3 Å². The van der Waals surface area contributed by atoms with Crippen LogP contribution in [-0.4, -0.2) is 56.7 Å². The first kappa shape index (κ1) is 17.1. The van der Waals surface area contributed by atoms with E-state index in [0.717, 1.165) is 38.4 Å². The number of nitrogens with zero attached hydrogens (tertiary/aromatic N) is 5. The average molecular weight is 347 g/mol. The molecule has 1 fully saturated rings. The first-order valence-corrected chi connectivity index (χ1v) is 9.16. The van der Waals surface area contributed by atoms with Crippen molar-refractivity contribution < 1.29 is 4.79 Å². The second-order valence-electron chi connectivity index (χ2n) is 7.37. The number of carbonyl (C=O) groups excluding carboxylic acids is 1. The van der Waals surface area contributed by atoms with E-state index < -0.39 is 0 Å². The molecule has 0 bridgehead atoms. The minimum atomic E-state index is 0.0754. The Kier molecular flexibility index (Phi) is 4.73. The fourth-order valence-electron chi connectivity index (χ4n) is 2.78. The molecule has 0 atom stereocenters. The van der Waals surface area contributed by atoms with Gasteiger partial charge < -0.3 is 4.90 Å². The minimum Gasteiger partial charge on any atom is -0.336 e. The Hall–Kier alpha value is -1.73. The fourth-order valence-corrected chi connectivity index (χ4v) is 3.67. The van der Waals surface area contributed by atoms with Crippen LogP contribution in [0, 0.1) is 0 Å². The normalized spacial score (nSPS) is 16.6. The molecule has 7 heteroatoms.